The molecule has 0 radical (unpaired) electrons. The van der Waals surface area contributed by atoms with E-state index in [1.807, 2.05) is 31.2 Å². The van der Waals surface area contributed by atoms with Crippen molar-refractivity contribution in [2.24, 2.45) is 0 Å². The quantitative estimate of drug-likeness (QED) is 0.641. The van der Waals surface area contributed by atoms with Crippen LogP contribution < -0.4 is 15.5 Å². The molecule has 0 bridgehead atoms. The average molecular weight is 377 g/mol. The Hall–Kier alpha value is -3.15. The number of halogens is 1. The third-order valence-electron chi connectivity index (χ3n) is 4.87. The number of benzene rings is 2. The van der Waals surface area contributed by atoms with Crippen LogP contribution in [0, 0.1) is 12.7 Å². The van der Waals surface area contributed by atoms with Crippen molar-refractivity contribution in [3.8, 4) is 0 Å². The van der Waals surface area contributed by atoms with Crippen molar-refractivity contribution in [3.05, 3.63) is 71.7 Å². The summed E-state index contributed by atoms with van der Waals surface area (Å²) in [6, 6.07) is 16.9. The monoisotopic (exact) mass is 377 g/mol. The van der Waals surface area contributed by atoms with E-state index in [0.717, 1.165) is 24.5 Å². The maximum Gasteiger partial charge on any atom is 0.229 e. The van der Waals surface area contributed by atoms with Gasteiger partial charge in [0, 0.05) is 48.3 Å². The number of anilines is 4. The highest BCUT2D eigenvalue weighted by atomic mass is 19.1. The maximum absolute atomic E-state index is 13.8. The molecule has 0 amide bonds. The number of hydrogen-bond donors (Lipinski definition) is 2. The molecule has 5 nitrogen and oxygen atoms in total. The molecule has 6 heteroatoms. The zero-order valence-electron chi connectivity index (χ0n) is 16.0. The van der Waals surface area contributed by atoms with Gasteiger partial charge >= 0.3 is 0 Å². The van der Waals surface area contributed by atoms with E-state index in [0.29, 0.717) is 23.9 Å². The minimum Gasteiger partial charge on any atom is -0.372 e. The smallest absolute Gasteiger partial charge is 0.229 e. The summed E-state index contributed by atoms with van der Waals surface area (Å²) < 4.78 is 13.8. The van der Waals surface area contributed by atoms with Crippen LogP contribution in [0.25, 0.3) is 0 Å². The zero-order valence-corrected chi connectivity index (χ0v) is 16.0. The fourth-order valence-corrected chi connectivity index (χ4v) is 3.40. The van der Waals surface area contributed by atoms with Crippen molar-refractivity contribution in [1.29, 1.82) is 0 Å². The van der Waals surface area contributed by atoms with Crippen LogP contribution in [0.15, 0.2) is 54.6 Å². The van der Waals surface area contributed by atoms with E-state index in [-0.39, 0.29) is 5.82 Å². The highest BCUT2D eigenvalue weighted by molar-refractivity contribution is 5.60. The van der Waals surface area contributed by atoms with Gasteiger partial charge in [0.05, 0.1) is 0 Å². The predicted molar refractivity (Wildman–Crippen MR) is 112 cm³/mol. The van der Waals surface area contributed by atoms with Gasteiger partial charge in [-0.2, -0.15) is 4.98 Å². The second kappa shape index (κ2) is 8.25. The minimum atomic E-state index is -0.225. The Bertz CT molecular complexity index is 936. The lowest BCUT2D eigenvalue weighted by molar-refractivity contribution is 0.613. The van der Waals surface area contributed by atoms with Crippen LogP contribution in [0.2, 0.25) is 0 Å². The van der Waals surface area contributed by atoms with Crippen LogP contribution in [0.1, 0.15) is 24.1 Å². The van der Waals surface area contributed by atoms with Crippen LogP contribution in [0.3, 0.4) is 0 Å². The molecule has 28 heavy (non-hydrogen) atoms. The van der Waals surface area contributed by atoms with Gasteiger partial charge in [0.1, 0.15) is 11.6 Å². The molecule has 1 aliphatic rings. The van der Waals surface area contributed by atoms with Crippen LogP contribution in [0.5, 0.6) is 0 Å². The number of hydrogen-bond acceptors (Lipinski definition) is 5. The SMILES string of the molecule is Cc1cc(NCc2ccccc2F)nc(Nc2ccc(N3CCCC3)cc2)n1. The summed E-state index contributed by atoms with van der Waals surface area (Å²) >= 11 is 0. The molecule has 3 aromatic rings. The van der Waals surface area contributed by atoms with Crippen LogP contribution >= 0.6 is 0 Å². The Labute approximate surface area is 164 Å². The molecule has 1 saturated heterocycles. The highest BCUT2D eigenvalue weighted by Gasteiger charge is 2.12. The number of aromatic nitrogens is 2. The van der Waals surface area contributed by atoms with E-state index in [2.05, 4.69) is 37.6 Å². The third-order valence-corrected chi connectivity index (χ3v) is 4.87. The first-order valence-electron chi connectivity index (χ1n) is 9.62. The van der Waals surface area contributed by atoms with E-state index in [1.54, 1.807) is 12.1 Å². The summed E-state index contributed by atoms with van der Waals surface area (Å²) in [4.78, 5) is 11.4. The molecular weight excluding hydrogens is 353 g/mol. The largest absolute Gasteiger partial charge is 0.372 e. The predicted octanol–water partition coefficient (Wildman–Crippen LogP) is 4.88. The fraction of sp³-hybridized carbons (Fsp3) is 0.273. The van der Waals surface area contributed by atoms with Gasteiger partial charge in [0.2, 0.25) is 5.95 Å². The fourth-order valence-electron chi connectivity index (χ4n) is 3.40. The Balaban J connectivity index is 1.44. The Morgan fingerprint density at radius 2 is 1.75 bits per heavy atom. The molecule has 0 unspecified atom stereocenters. The van der Waals surface area contributed by atoms with Crippen molar-refractivity contribution < 1.29 is 4.39 Å². The van der Waals surface area contributed by atoms with E-state index in [4.69, 9.17) is 0 Å². The van der Waals surface area contributed by atoms with Crippen molar-refractivity contribution >= 4 is 23.1 Å². The summed E-state index contributed by atoms with van der Waals surface area (Å²) in [7, 11) is 0. The average Bonchev–Trinajstić information content (AvgIpc) is 3.22. The summed E-state index contributed by atoms with van der Waals surface area (Å²) in [5, 5.41) is 6.43. The molecule has 2 heterocycles. The van der Waals surface area contributed by atoms with E-state index in [1.165, 1.54) is 24.6 Å². The standard InChI is InChI=1S/C22H24FN5/c1-16-14-21(24-15-17-6-2-3-7-20(17)23)27-22(25-16)26-18-8-10-19(11-9-18)28-12-4-5-13-28/h2-3,6-11,14H,4-5,12-13,15H2,1H3,(H2,24,25,26,27). The van der Waals surface area contributed by atoms with E-state index < -0.39 is 0 Å². The number of nitrogens with zero attached hydrogens (tertiary/aromatic N) is 3. The molecule has 0 spiro atoms. The van der Waals surface area contributed by atoms with E-state index >= 15 is 0 Å². The molecular formula is C22H24FN5. The van der Waals surface area contributed by atoms with Gasteiger partial charge < -0.3 is 15.5 Å². The van der Waals surface area contributed by atoms with Crippen LogP contribution in [-0.2, 0) is 6.54 Å². The van der Waals surface area contributed by atoms with Gasteiger partial charge in [-0.1, -0.05) is 18.2 Å². The lowest BCUT2D eigenvalue weighted by Crippen LogP contribution is -2.17. The molecule has 0 saturated carbocycles. The summed E-state index contributed by atoms with van der Waals surface area (Å²) in [5.41, 5.74) is 3.63. The lowest BCUT2D eigenvalue weighted by Gasteiger charge is -2.18. The summed E-state index contributed by atoms with van der Waals surface area (Å²) in [6.07, 6.45) is 2.53. The van der Waals surface area contributed by atoms with Crippen LogP contribution in [-0.4, -0.2) is 23.1 Å². The van der Waals surface area contributed by atoms with E-state index in [9.17, 15) is 4.39 Å². The molecule has 1 aromatic heterocycles. The number of rotatable bonds is 6. The summed E-state index contributed by atoms with van der Waals surface area (Å²) in [6.45, 7) is 4.54. The number of aryl methyl sites for hydroxylation is 1. The number of nitrogens with one attached hydrogen (secondary N) is 2. The van der Waals surface area contributed by atoms with Gasteiger partial charge in [0.15, 0.2) is 0 Å². The Kier molecular flexibility index (Phi) is 5.37. The molecule has 1 fully saturated rings. The van der Waals surface area contributed by atoms with Gasteiger partial charge in [-0.25, -0.2) is 9.37 Å². The van der Waals surface area contributed by atoms with Gasteiger partial charge in [-0.3, -0.25) is 0 Å². The zero-order chi connectivity index (χ0) is 19.3. The highest BCUT2D eigenvalue weighted by Crippen LogP contribution is 2.23. The minimum absolute atomic E-state index is 0.225. The second-order valence-corrected chi connectivity index (χ2v) is 7.03. The first-order valence-corrected chi connectivity index (χ1v) is 9.62. The van der Waals surface area contributed by atoms with Crippen molar-refractivity contribution in [2.45, 2.75) is 26.3 Å². The topological polar surface area (TPSA) is 53.1 Å². The molecule has 2 aromatic carbocycles. The molecule has 4 rings (SSSR count). The molecule has 2 N–H and O–H groups in total. The maximum atomic E-state index is 13.8. The molecule has 1 aliphatic heterocycles. The molecule has 0 aliphatic carbocycles. The van der Waals surface area contributed by atoms with Crippen molar-refractivity contribution in [2.75, 3.05) is 28.6 Å². The van der Waals surface area contributed by atoms with Crippen molar-refractivity contribution in [1.82, 2.24) is 9.97 Å². The van der Waals surface area contributed by atoms with Gasteiger partial charge in [-0.05, 0) is 50.1 Å². The third kappa shape index (κ3) is 4.39. The summed E-state index contributed by atoms with van der Waals surface area (Å²) in [5.74, 6) is 0.953. The Morgan fingerprint density at radius 3 is 2.50 bits per heavy atom. The molecule has 0 atom stereocenters. The molecule has 144 valence electrons. The first kappa shape index (κ1) is 18.2. The first-order chi connectivity index (χ1) is 13.7. The second-order valence-electron chi connectivity index (χ2n) is 7.03. The van der Waals surface area contributed by atoms with Gasteiger partial charge in [0.25, 0.3) is 0 Å². The lowest BCUT2D eigenvalue weighted by atomic mass is 10.2. The normalized spacial score (nSPS) is 13.6. The van der Waals surface area contributed by atoms with Crippen molar-refractivity contribution in [3.63, 3.8) is 0 Å². The van der Waals surface area contributed by atoms with Gasteiger partial charge in [-0.15, -0.1) is 0 Å². The van der Waals surface area contributed by atoms with Crippen LogP contribution in [0.4, 0.5) is 27.5 Å². The Morgan fingerprint density at radius 1 is 1.00 bits per heavy atom.